The fraction of sp³-hybridized carbons (Fsp3) is 0.200. The normalized spacial score (nSPS) is 11.3. The first-order chi connectivity index (χ1) is 14.0. The molecule has 2 heterocycles. The Morgan fingerprint density at radius 2 is 1.97 bits per heavy atom. The summed E-state index contributed by atoms with van der Waals surface area (Å²) in [6, 6.07) is 10.9. The van der Waals surface area contributed by atoms with Gasteiger partial charge in [0.25, 0.3) is 11.4 Å². The van der Waals surface area contributed by atoms with E-state index in [1.807, 2.05) is 6.92 Å². The van der Waals surface area contributed by atoms with E-state index >= 15 is 0 Å². The lowest BCUT2D eigenvalue weighted by Crippen LogP contribution is -2.23. The zero-order valence-electron chi connectivity index (χ0n) is 15.4. The quantitative estimate of drug-likeness (QED) is 0.318. The molecular weight excluding hydrogens is 415 g/mol. The number of hydrogen-bond acceptors (Lipinski definition) is 6. The predicted octanol–water partition coefficient (Wildman–Crippen LogP) is 4.94. The number of rotatable bonds is 6. The van der Waals surface area contributed by atoms with Crippen molar-refractivity contribution in [3.8, 4) is 11.5 Å². The fourth-order valence-corrected chi connectivity index (χ4v) is 3.89. The maximum Gasteiger partial charge on any atom is 0.262 e. The smallest absolute Gasteiger partial charge is 0.262 e. The fourth-order valence-electron chi connectivity index (χ4n) is 2.86. The molecule has 0 saturated heterocycles. The molecule has 0 aliphatic heterocycles. The zero-order chi connectivity index (χ0) is 20.4. The molecule has 0 atom stereocenters. The van der Waals surface area contributed by atoms with Crippen molar-refractivity contribution < 1.29 is 8.91 Å². The lowest BCUT2D eigenvalue weighted by molar-refractivity contribution is 0.425. The number of hydrogen-bond donors (Lipinski definition) is 0. The zero-order valence-corrected chi connectivity index (χ0v) is 17.0. The molecule has 0 fully saturated rings. The molecule has 0 aliphatic carbocycles. The third-order valence-corrected chi connectivity index (χ3v) is 5.43. The van der Waals surface area contributed by atoms with Crippen LogP contribution < -0.4 is 5.56 Å². The van der Waals surface area contributed by atoms with Gasteiger partial charge in [0.05, 0.1) is 16.7 Å². The van der Waals surface area contributed by atoms with Gasteiger partial charge >= 0.3 is 0 Å². The minimum absolute atomic E-state index is 0.101. The van der Waals surface area contributed by atoms with Gasteiger partial charge in [-0.15, -0.1) is 0 Å². The van der Waals surface area contributed by atoms with Crippen LogP contribution in [0, 0.1) is 5.82 Å². The Kier molecular flexibility index (Phi) is 5.64. The van der Waals surface area contributed by atoms with Gasteiger partial charge in [0.2, 0.25) is 0 Å². The van der Waals surface area contributed by atoms with Crippen LogP contribution in [0.5, 0.6) is 0 Å². The molecule has 29 heavy (non-hydrogen) atoms. The summed E-state index contributed by atoms with van der Waals surface area (Å²) in [5.74, 6) is 0.801. The van der Waals surface area contributed by atoms with Gasteiger partial charge in [-0.05, 0) is 48.9 Å². The van der Waals surface area contributed by atoms with E-state index in [0.29, 0.717) is 50.7 Å². The topological polar surface area (TPSA) is 73.8 Å². The molecular formula is C20H16ClFN4O2S. The summed E-state index contributed by atoms with van der Waals surface area (Å²) in [6.45, 7) is 2.56. The van der Waals surface area contributed by atoms with E-state index < -0.39 is 0 Å². The van der Waals surface area contributed by atoms with Gasteiger partial charge in [0.1, 0.15) is 5.82 Å². The average Bonchev–Trinajstić information content (AvgIpc) is 3.18. The average molecular weight is 431 g/mol. The van der Waals surface area contributed by atoms with Crippen LogP contribution in [0.25, 0.3) is 22.4 Å². The molecule has 0 unspecified atom stereocenters. The highest BCUT2D eigenvalue weighted by Gasteiger charge is 2.14. The summed E-state index contributed by atoms with van der Waals surface area (Å²) in [5.41, 5.74) is 1.09. The van der Waals surface area contributed by atoms with Crippen LogP contribution in [0.15, 0.2) is 56.9 Å². The minimum Gasteiger partial charge on any atom is -0.334 e. The molecule has 0 N–H and O–H groups in total. The Balaban J connectivity index is 1.61. The van der Waals surface area contributed by atoms with E-state index in [4.69, 9.17) is 16.1 Å². The van der Waals surface area contributed by atoms with Gasteiger partial charge in [0, 0.05) is 17.1 Å². The van der Waals surface area contributed by atoms with Crippen LogP contribution in [0.3, 0.4) is 0 Å². The van der Waals surface area contributed by atoms with Crippen molar-refractivity contribution in [2.75, 3.05) is 0 Å². The third kappa shape index (κ3) is 4.18. The molecule has 0 saturated carbocycles. The second kappa shape index (κ2) is 8.34. The Morgan fingerprint density at radius 1 is 1.17 bits per heavy atom. The lowest BCUT2D eigenvalue weighted by atomic mass is 10.2. The highest BCUT2D eigenvalue weighted by molar-refractivity contribution is 7.98. The molecule has 4 rings (SSSR count). The molecule has 0 radical (unpaired) electrons. The number of benzene rings is 2. The van der Waals surface area contributed by atoms with Crippen molar-refractivity contribution in [2.45, 2.75) is 30.8 Å². The van der Waals surface area contributed by atoms with Crippen molar-refractivity contribution in [3.05, 3.63) is 69.5 Å². The maximum absolute atomic E-state index is 13.1. The molecule has 4 aromatic rings. The van der Waals surface area contributed by atoms with Gasteiger partial charge in [0.15, 0.2) is 11.0 Å². The van der Waals surface area contributed by atoms with E-state index in [0.717, 1.165) is 6.42 Å². The molecule has 0 amide bonds. The molecule has 0 aliphatic rings. The molecule has 0 bridgehead atoms. The van der Waals surface area contributed by atoms with Crippen molar-refractivity contribution in [3.63, 3.8) is 0 Å². The van der Waals surface area contributed by atoms with E-state index in [-0.39, 0.29) is 11.4 Å². The van der Waals surface area contributed by atoms with Crippen molar-refractivity contribution in [1.82, 2.24) is 19.7 Å². The monoisotopic (exact) mass is 430 g/mol. The summed E-state index contributed by atoms with van der Waals surface area (Å²) in [4.78, 5) is 21.8. The van der Waals surface area contributed by atoms with Crippen LogP contribution in [-0.2, 0) is 12.3 Å². The summed E-state index contributed by atoms with van der Waals surface area (Å²) >= 11 is 7.41. The summed E-state index contributed by atoms with van der Waals surface area (Å²) in [6.07, 6.45) is 0.797. The number of thioether (sulfide) groups is 1. The van der Waals surface area contributed by atoms with Gasteiger partial charge in [-0.25, -0.2) is 9.37 Å². The SMILES string of the molecule is CCCn1c(SCc2noc(-c3ccc(F)cc3)n2)nc2cc(Cl)ccc2c1=O. The Hall–Kier alpha value is -2.71. The summed E-state index contributed by atoms with van der Waals surface area (Å²) in [5, 5.41) is 5.59. The first kappa shape index (κ1) is 19.6. The van der Waals surface area contributed by atoms with Crippen LogP contribution in [0.1, 0.15) is 19.2 Å². The predicted molar refractivity (Wildman–Crippen MR) is 111 cm³/mol. The van der Waals surface area contributed by atoms with Crippen molar-refractivity contribution >= 4 is 34.3 Å². The highest BCUT2D eigenvalue weighted by Crippen LogP contribution is 2.24. The van der Waals surface area contributed by atoms with E-state index in [1.165, 1.54) is 23.9 Å². The molecule has 2 aromatic carbocycles. The molecule has 9 heteroatoms. The summed E-state index contributed by atoms with van der Waals surface area (Å²) < 4.78 is 20.0. The van der Waals surface area contributed by atoms with E-state index in [1.54, 1.807) is 34.9 Å². The third-order valence-electron chi connectivity index (χ3n) is 4.22. The number of halogens is 2. The Morgan fingerprint density at radius 3 is 2.72 bits per heavy atom. The molecule has 148 valence electrons. The van der Waals surface area contributed by atoms with Crippen LogP contribution >= 0.6 is 23.4 Å². The second-order valence-corrected chi connectivity index (χ2v) is 7.70. The minimum atomic E-state index is -0.333. The number of aromatic nitrogens is 4. The van der Waals surface area contributed by atoms with Gasteiger partial charge in [-0.1, -0.05) is 35.4 Å². The van der Waals surface area contributed by atoms with E-state index in [2.05, 4.69) is 15.1 Å². The lowest BCUT2D eigenvalue weighted by Gasteiger charge is -2.11. The van der Waals surface area contributed by atoms with Gasteiger partial charge in [-0.2, -0.15) is 4.98 Å². The Bertz CT molecular complexity index is 1220. The second-order valence-electron chi connectivity index (χ2n) is 6.32. The largest absolute Gasteiger partial charge is 0.334 e. The standard InChI is InChI=1S/C20H16ClFN4O2S/c1-2-9-26-19(27)15-8-5-13(21)10-16(15)23-20(26)29-11-17-24-18(28-25-17)12-3-6-14(22)7-4-12/h3-8,10H,2,9,11H2,1H3. The summed E-state index contributed by atoms with van der Waals surface area (Å²) in [7, 11) is 0. The van der Waals surface area contributed by atoms with Crippen LogP contribution in [0.2, 0.25) is 5.02 Å². The van der Waals surface area contributed by atoms with Crippen molar-refractivity contribution in [1.29, 1.82) is 0 Å². The van der Waals surface area contributed by atoms with Crippen LogP contribution in [0.4, 0.5) is 4.39 Å². The number of fused-ring (bicyclic) bond motifs is 1. The maximum atomic E-state index is 13.1. The van der Waals surface area contributed by atoms with E-state index in [9.17, 15) is 9.18 Å². The molecule has 2 aromatic heterocycles. The Labute approximate surface area is 174 Å². The van der Waals surface area contributed by atoms with Crippen LogP contribution in [-0.4, -0.2) is 19.7 Å². The molecule has 0 spiro atoms. The number of nitrogens with zero attached hydrogens (tertiary/aromatic N) is 4. The van der Waals surface area contributed by atoms with Crippen molar-refractivity contribution in [2.24, 2.45) is 0 Å². The first-order valence-electron chi connectivity index (χ1n) is 8.96. The highest BCUT2D eigenvalue weighted by atomic mass is 35.5. The van der Waals surface area contributed by atoms with Gasteiger partial charge in [-0.3, -0.25) is 9.36 Å². The van der Waals surface area contributed by atoms with Gasteiger partial charge < -0.3 is 4.52 Å². The first-order valence-corrected chi connectivity index (χ1v) is 10.3. The molecule has 6 nitrogen and oxygen atoms in total.